The van der Waals surface area contributed by atoms with Gasteiger partial charge in [-0.3, -0.25) is 0 Å². The van der Waals surface area contributed by atoms with Gasteiger partial charge in [-0.25, -0.2) is 17.6 Å². The van der Waals surface area contributed by atoms with E-state index in [1.54, 1.807) is 0 Å². The molecule has 0 saturated heterocycles. The van der Waals surface area contributed by atoms with Crippen molar-refractivity contribution in [2.24, 2.45) is 0 Å². The molecule has 7 heteroatoms. The number of hydrogen-bond donors (Lipinski definition) is 2. The minimum Gasteiger partial charge on any atom is -0.423 e. The normalized spacial score (nSPS) is 10.3. The number of benzene rings is 1. The lowest BCUT2D eigenvalue weighted by molar-refractivity contribution is 0.408. The van der Waals surface area contributed by atoms with Crippen molar-refractivity contribution < 1.29 is 27.6 Å². The standard InChI is InChI=1S/C6H3BF4O2/c8-2-1-3(9)6(11)4(5(2)10)7(12)13/h1,12-13H. The second-order valence-corrected chi connectivity index (χ2v) is 2.26. The number of hydrogen-bond acceptors (Lipinski definition) is 2. The predicted octanol–water partition coefficient (Wildman–Crippen LogP) is -0.0772. The third-order valence-electron chi connectivity index (χ3n) is 1.40. The molecule has 0 amide bonds. The third kappa shape index (κ3) is 1.66. The molecule has 0 bridgehead atoms. The van der Waals surface area contributed by atoms with E-state index < -0.39 is 35.9 Å². The Kier molecular flexibility index (Phi) is 2.58. The summed E-state index contributed by atoms with van der Waals surface area (Å²) in [6.07, 6.45) is 0. The minimum absolute atomic E-state index is 0.0173. The van der Waals surface area contributed by atoms with Crippen LogP contribution in [0.1, 0.15) is 0 Å². The summed E-state index contributed by atoms with van der Waals surface area (Å²) in [5.41, 5.74) is -1.43. The van der Waals surface area contributed by atoms with Gasteiger partial charge in [0, 0.05) is 6.07 Å². The summed E-state index contributed by atoms with van der Waals surface area (Å²) < 4.78 is 49.9. The third-order valence-corrected chi connectivity index (χ3v) is 1.40. The Morgan fingerprint density at radius 2 is 1.31 bits per heavy atom. The molecule has 0 saturated carbocycles. The van der Waals surface area contributed by atoms with Gasteiger partial charge in [0.1, 0.15) is 0 Å². The predicted molar refractivity (Wildman–Crippen MR) is 36.1 cm³/mol. The van der Waals surface area contributed by atoms with Crippen LogP contribution in [0.5, 0.6) is 0 Å². The van der Waals surface area contributed by atoms with E-state index in [-0.39, 0.29) is 6.07 Å². The van der Waals surface area contributed by atoms with Crippen molar-refractivity contribution in [3.05, 3.63) is 29.3 Å². The Labute approximate surface area is 70.6 Å². The van der Waals surface area contributed by atoms with Crippen LogP contribution in [0.25, 0.3) is 0 Å². The zero-order valence-corrected chi connectivity index (χ0v) is 6.06. The summed E-state index contributed by atoms with van der Waals surface area (Å²) in [5, 5.41) is 16.8. The molecule has 0 aliphatic rings. The lowest BCUT2D eigenvalue weighted by Gasteiger charge is -2.04. The molecule has 0 fully saturated rings. The monoisotopic (exact) mass is 194 g/mol. The Hall–Kier alpha value is -1.08. The molecule has 0 unspecified atom stereocenters. The topological polar surface area (TPSA) is 40.5 Å². The first-order chi connectivity index (χ1) is 5.95. The minimum atomic E-state index is -2.59. The van der Waals surface area contributed by atoms with Crippen molar-refractivity contribution in [1.82, 2.24) is 0 Å². The molecular formula is C6H3BF4O2. The van der Waals surface area contributed by atoms with E-state index in [0.29, 0.717) is 0 Å². The largest absolute Gasteiger partial charge is 0.494 e. The molecule has 2 N–H and O–H groups in total. The fraction of sp³-hybridized carbons (Fsp3) is 0. The smallest absolute Gasteiger partial charge is 0.423 e. The van der Waals surface area contributed by atoms with Crippen LogP contribution >= 0.6 is 0 Å². The van der Waals surface area contributed by atoms with Crippen molar-refractivity contribution in [3.8, 4) is 0 Å². The van der Waals surface area contributed by atoms with Crippen LogP contribution in [0, 0.1) is 23.3 Å². The molecule has 0 aromatic heterocycles. The molecule has 1 aromatic rings. The highest BCUT2D eigenvalue weighted by Gasteiger charge is 2.27. The summed E-state index contributed by atoms with van der Waals surface area (Å²) in [5.74, 6) is -6.98. The van der Waals surface area contributed by atoms with Crippen LogP contribution < -0.4 is 5.46 Å². The quantitative estimate of drug-likeness (QED) is 0.373. The molecule has 70 valence electrons. The first-order valence-electron chi connectivity index (χ1n) is 3.14. The first kappa shape index (κ1) is 10.0. The van der Waals surface area contributed by atoms with Gasteiger partial charge in [-0.15, -0.1) is 0 Å². The van der Waals surface area contributed by atoms with Gasteiger partial charge < -0.3 is 10.0 Å². The SMILES string of the molecule is OB(O)c1c(F)c(F)cc(F)c1F. The van der Waals surface area contributed by atoms with Crippen LogP contribution in [0.2, 0.25) is 0 Å². The van der Waals surface area contributed by atoms with Gasteiger partial charge in [-0.1, -0.05) is 0 Å². The van der Waals surface area contributed by atoms with E-state index in [2.05, 4.69) is 0 Å². The average molecular weight is 194 g/mol. The average Bonchev–Trinajstić information content (AvgIpc) is 2.01. The van der Waals surface area contributed by atoms with Crippen LogP contribution in [0.3, 0.4) is 0 Å². The summed E-state index contributed by atoms with van der Waals surface area (Å²) >= 11 is 0. The molecule has 1 rings (SSSR count). The molecule has 1 aromatic carbocycles. The molecule has 0 radical (unpaired) electrons. The molecule has 0 aliphatic carbocycles. The zero-order chi connectivity index (χ0) is 10.2. The van der Waals surface area contributed by atoms with Crippen molar-refractivity contribution in [1.29, 1.82) is 0 Å². The van der Waals surface area contributed by atoms with Crippen molar-refractivity contribution in [2.45, 2.75) is 0 Å². The lowest BCUT2D eigenvalue weighted by Crippen LogP contribution is -2.37. The van der Waals surface area contributed by atoms with Gasteiger partial charge in [-0.05, 0) is 0 Å². The maximum atomic E-state index is 12.6. The molecule has 0 heterocycles. The van der Waals surface area contributed by atoms with Gasteiger partial charge in [0.15, 0.2) is 23.3 Å². The fourth-order valence-electron chi connectivity index (χ4n) is 0.818. The van der Waals surface area contributed by atoms with E-state index in [0.717, 1.165) is 0 Å². The van der Waals surface area contributed by atoms with Crippen LogP contribution in [-0.2, 0) is 0 Å². The maximum Gasteiger partial charge on any atom is 0.494 e. The van der Waals surface area contributed by atoms with E-state index in [1.165, 1.54) is 0 Å². The summed E-state index contributed by atoms with van der Waals surface area (Å²) in [7, 11) is -2.59. The number of rotatable bonds is 1. The van der Waals surface area contributed by atoms with Crippen molar-refractivity contribution >= 4 is 12.6 Å². The molecular weight excluding hydrogens is 191 g/mol. The second-order valence-electron chi connectivity index (χ2n) is 2.26. The van der Waals surface area contributed by atoms with E-state index in [4.69, 9.17) is 10.0 Å². The number of halogens is 4. The Morgan fingerprint density at radius 3 is 1.62 bits per heavy atom. The van der Waals surface area contributed by atoms with Crippen LogP contribution in [-0.4, -0.2) is 17.2 Å². The van der Waals surface area contributed by atoms with Crippen LogP contribution in [0.4, 0.5) is 17.6 Å². The Balaban J connectivity index is 3.46. The van der Waals surface area contributed by atoms with Crippen LogP contribution in [0.15, 0.2) is 6.07 Å². The highest BCUT2D eigenvalue weighted by Crippen LogP contribution is 2.10. The summed E-state index contributed by atoms with van der Waals surface area (Å²) in [6.45, 7) is 0. The molecule has 0 spiro atoms. The van der Waals surface area contributed by atoms with Gasteiger partial charge >= 0.3 is 7.12 Å². The first-order valence-corrected chi connectivity index (χ1v) is 3.14. The molecule has 2 nitrogen and oxygen atoms in total. The highest BCUT2D eigenvalue weighted by atomic mass is 19.2. The van der Waals surface area contributed by atoms with Crippen molar-refractivity contribution in [3.63, 3.8) is 0 Å². The maximum absolute atomic E-state index is 12.6. The zero-order valence-electron chi connectivity index (χ0n) is 6.06. The highest BCUT2D eigenvalue weighted by molar-refractivity contribution is 6.58. The van der Waals surface area contributed by atoms with Gasteiger partial charge in [0.25, 0.3) is 0 Å². The Morgan fingerprint density at radius 1 is 0.923 bits per heavy atom. The second kappa shape index (κ2) is 3.35. The fourth-order valence-corrected chi connectivity index (χ4v) is 0.818. The summed E-state index contributed by atoms with van der Waals surface area (Å²) in [4.78, 5) is 0. The lowest BCUT2D eigenvalue weighted by atomic mass is 9.79. The van der Waals surface area contributed by atoms with Gasteiger partial charge in [0.2, 0.25) is 0 Å². The van der Waals surface area contributed by atoms with Gasteiger partial charge in [0.05, 0.1) is 5.46 Å². The Bertz CT molecular complexity index is 316. The van der Waals surface area contributed by atoms with E-state index in [9.17, 15) is 17.6 Å². The summed E-state index contributed by atoms with van der Waals surface area (Å²) in [6, 6.07) is -0.0173. The van der Waals surface area contributed by atoms with Gasteiger partial charge in [-0.2, -0.15) is 0 Å². The van der Waals surface area contributed by atoms with E-state index >= 15 is 0 Å². The molecule has 0 atom stereocenters. The molecule has 13 heavy (non-hydrogen) atoms. The van der Waals surface area contributed by atoms with Crippen molar-refractivity contribution in [2.75, 3.05) is 0 Å². The van der Waals surface area contributed by atoms with E-state index in [1.807, 2.05) is 0 Å². The molecule has 0 aliphatic heterocycles.